The Morgan fingerprint density at radius 3 is 2.55 bits per heavy atom. The van der Waals surface area contributed by atoms with Gasteiger partial charge in [0, 0.05) is 25.6 Å². The molecule has 1 atom stereocenters. The fourth-order valence-electron chi connectivity index (χ4n) is 0.799. The molecule has 1 amide bonds. The number of nitrogens with two attached hydrogens (primary N) is 2. The Balaban J connectivity index is 3.61. The van der Waals surface area contributed by atoms with Gasteiger partial charge >= 0.3 is 0 Å². The topological polar surface area (TPSA) is 81.1 Å². The van der Waals surface area contributed by atoms with E-state index < -0.39 is 0 Å². The smallest absolute Gasteiger partial charge is 0.224 e. The third-order valence-corrected chi connectivity index (χ3v) is 1.59. The molecule has 0 spiro atoms. The van der Waals surface area contributed by atoms with Crippen molar-refractivity contribution in [2.75, 3.05) is 19.6 Å². The van der Waals surface area contributed by atoms with Crippen LogP contribution < -0.4 is 16.8 Å². The number of hydrogen-bond acceptors (Lipinski definition) is 3. The second kappa shape index (κ2) is 6.12. The van der Waals surface area contributed by atoms with E-state index in [0.29, 0.717) is 19.6 Å². The van der Waals surface area contributed by atoms with Crippen molar-refractivity contribution in [3.8, 4) is 0 Å². The Labute approximate surface area is 67.3 Å². The molecule has 0 bridgehead atoms. The first-order chi connectivity index (χ1) is 5.26. The summed E-state index contributed by atoms with van der Waals surface area (Å²) in [6.07, 6.45) is 0.785. The van der Waals surface area contributed by atoms with Gasteiger partial charge in [0.25, 0.3) is 0 Å². The van der Waals surface area contributed by atoms with Gasteiger partial charge in [-0.25, -0.2) is 0 Å². The Kier molecular flexibility index (Phi) is 5.78. The first-order valence-corrected chi connectivity index (χ1v) is 3.94. The third kappa shape index (κ3) is 3.95. The molecular formula is C7H17N3O. The molecule has 0 saturated heterocycles. The fraction of sp³-hybridized carbons (Fsp3) is 0.857. The second-order valence-corrected chi connectivity index (χ2v) is 2.42. The predicted molar refractivity (Wildman–Crippen MR) is 44.9 cm³/mol. The molecule has 4 heteroatoms. The normalized spacial score (nSPS) is 12.6. The molecule has 0 aromatic heterocycles. The van der Waals surface area contributed by atoms with Gasteiger partial charge in [-0.15, -0.1) is 0 Å². The quantitative estimate of drug-likeness (QED) is 0.483. The predicted octanol–water partition coefficient (Wildman–Crippen LogP) is -0.954. The van der Waals surface area contributed by atoms with Gasteiger partial charge in [0.05, 0.1) is 0 Å². The molecule has 0 saturated carbocycles. The highest BCUT2D eigenvalue weighted by Gasteiger charge is 2.12. The molecule has 0 aliphatic rings. The Morgan fingerprint density at radius 1 is 1.55 bits per heavy atom. The molecule has 0 fully saturated rings. The van der Waals surface area contributed by atoms with Gasteiger partial charge in [-0.2, -0.15) is 0 Å². The molecular weight excluding hydrogens is 142 g/mol. The minimum Gasteiger partial charge on any atom is -0.355 e. The third-order valence-electron chi connectivity index (χ3n) is 1.59. The van der Waals surface area contributed by atoms with Crippen LogP contribution in [-0.2, 0) is 4.79 Å². The maximum absolute atomic E-state index is 11.1. The summed E-state index contributed by atoms with van der Waals surface area (Å²) >= 11 is 0. The zero-order valence-corrected chi connectivity index (χ0v) is 6.97. The number of carbonyl (C=O) groups is 1. The van der Waals surface area contributed by atoms with Crippen molar-refractivity contribution in [2.24, 2.45) is 17.4 Å². The second-order valence-electron chi connectivity index (χ2n) is 2.42. The number of nitrogens with one attached hydrogen (secondary N) is 1. The summed E-state index contributed by atoms with van der Waals surface area (Å²) < 4.78 is 0. The highest BCUT2D eigenvalue weighted by atomic mass is 16.1. The number of carbonyl (C=O) groups excluding carboxylic acids is 1. The number of hydrogen-bond donors (Lipinski definition) is 3. The number of amides is 1. The first kappa shape index (κ1) is 10.4. The van der Waals surface area contributed by atoms with Gasteiger partial charge in [0.15, 0.2) is 0 Å². The van der Waals surface area contributed by atoms with E-state index in [2.05, 4.69) is 5.32 Å². The van der Waals surface area contributed by atoms with Gasteiger partial charge in [0.2, 0.25) is 5.91 Å². The van der Waals surface area contributed by atoms with Crippen molar-refractivity contribution in [3.05, 3.63) is 0 Å². The standard InChI is InChI=1S/C7H17N3O/c1-2-6(5-9)7(11)10-4-3-8/h6H,2-5,8-9H2,1H3,(H,10,11). The summed E-state index contributed by atoms with van der Waals surface area (Å²) in [7, 11) is 0. The maximum Gasteiger partial charge on any atom is 0.224 e. The Morgan fingerprint density at radius 2 is 2.18 bits per heavy atom. The van der Waals surface area contributed by atoms with Crippen molar-refractivity contribution in [1.29, 1.82) is 0 Å². The number of rotatable bonds is 5. The molecule has 0 aliphatic heterocycles. The summed E-state index contributed by atoms with van der Waals surface area (Å²) in [5, 5.41) is 2.69. The van der Waals surface area contributed by atoms with Gasteiger partial charge < -0.3 is 16.8 Å². The molecule has 1 unspecified atom stereocenters. The van der Waals surface area contributed by atoms with Crippen LogP contribution in [0.2, 0.25) is 0 Å². The van der Waals surface area contributed by atoms with E-state index in [4.69, 9.17) is 11.5 Å². The van der Waals surface area contributed by atoms with E-state index >= 15 is 0 Å². The van der Waals surface area contributed by atoms with Crippen LogP contribution in [-0.4, -0.2) is 25.5 Å². The van der Waals surface area contributed by atoms with E-state index in [1.807, 2.05) is 6.92 Å². The molecule has 0 heterocycles. The van der Waals surface area contributed by atoms with E-state index in [9.17, 15) is 4.79 Å². The summed E-state index contributed by atoms with van der Waals surface area (Å²) in [4.78, 5) is 11.1. The van der Waals surface area contributed by atoms with Crippen LogP contribution in [0.4, 0.5) is 0 Å². The highest BCUT2D eigenvalue weighted by Crippen LogP contribution is 1.98. The van der Waals surface area contributed by atoms with Crippen molar-refractivity contribution in [2.45, 2.75) is 13.3 Å². The lowest BCUT2D eigenvalue weighted by Gasteiger charge is -2.11. The molecule has 5 N–H and O–H groups in total. The minimum absolute atomic E-state index is 0.0143. The van der Waals surface area contributed by atoms with E-state index in [-0.39, 0.29) is 11.8 Å². The summed E-state index contributed by atoms with van der Waals surface area (Å²) in [6, 6.07) is 0. The molecule has 0 aromatic carbocycles. The van der Waals surface area contributed by atoms with E-state index in [0.717, 1.165) is 6.42 Å². The van der Waals surface area contributed by atoms with Gasteiger partial charge in [0.1, 0.15) is 0 Å². The van der Waals surface area contributed by atoms with Crippen LogP contribution in [0.3, 0.4) is 0 Å². The zero-order valence-electron chi connectivity index (χ0n) is 6.97. The average molecular weight is 159 g/mol. The lowest BCUT2D eigenvalue weighted by atomic mass is 10.1. The summed E-state index contributed by atoms with van der Waals surface area (Å²) in [5.74, 6) is -0.0398. The zero-order chi connectivity index (χ0) is 8.69. The monoisotopic (exact) mass is 159 g/mol. The van der Waals surface area contributed by atoms with Crippen LogP contribution in [0.5, 0.6) is 0 Å². The van der Waals surface area contributed by atoms with Crippen molar-refractivity contribution in [1.82, 2.24) is 5.32 Å². The minimum atomic E-state index is -0.0541. The average Bonchev–Trinajstić information content (AvgIpc) is 2.03. The molecule has 0 radical (unpaired) electrons. The van der Waals surface area contributed by atoms with E-state index in [1.165, 1.54) is 0 Å². The molecule has 11 heavy (non-hydrogen) atoms. The van der Waals surface area contributed by atoms with Crippen LogP contribution in [0.1, 0.15) is 13.3 Å². The molecule has 0 aromatic rings. The lowest BCUT2D eigenvalue weighted by Crippen LogP contribution is -2.37. The largest absolute Gasteiger partial charge is 0.355 e. The molecule has 4 nitrogen and oxygen atoms in total. The molecule has 0 rings (SSSR count). The van der Waals surface area contributed by atoms with Crippen LogP contribution >= 0.6 is 0 Å². The van der Waals surface area contributed by atoms with Crippen LogP contribution in [0.15, 0.2) is 0 Å². The Bertz CT molecular complexity index is 112. The van der Waals surface area contributed by atoms with Crippen LogP contribution in [0, 0.1) is 5.92 Å². The Hall–Kier alpha value is -0.610. The highest BCUT2D eigenvalue weighted by molar-refractivity contribution is 5.78. The van der Waals surface area contributed by atoms with Gasteiger partial charge in [-0.3, -0.25) is 4.79 Å². The molecule has 66 valence electrons. The summed E-state index contributed by atoms with van der Waals surface area (Å²) in [5.41, 5.74) is 10.6. The van der Waals surface area contributed by atoms with Crippen molar-refractivity contribution < 1.29 is 4.79 Å². The lowest BCUT2D eigenvalue weighted by molar-refractivity contribution is -0.124. The van der Waals surface area contributed by atoms with Crippen molar-refractivity contribution >= 4 is 5.91 Å². The van der Waals surface area contributed by atoms with Gasteiger partial charge in [-0.05, 0) is 6.42 Å². The maximum atomic E-state index is 11.1. The van der Waals surface area contributed by atoms with Gasteiger partial charge in [-0.1, -0.05) is 6.92 Å². The SMILES string of the molecule is CCC(CN)C(=O)NCCN. The summed E-state index contributed by atoms with van der Waals surface area (Å²) in [6.45, 7) is 3.37. The van der Waals surface area contributed by atoms with Crippen molar-refractivity contribution in [3.63, 3.8) is 0 Å². The van der Waals surface area contributed by atoms with E-state index in [1.54, 1.807) is 0 Å². The molecule has 0 aliphatic carbocycles. The van der Waals surface area contributed by atoms with Crippen LogP contribution in [0.25, 0.3) is 0 Å². The first-order valence-electron chi connectivity index (χ1n) is 3.94. The fourth-order valence-corrected chi connectivity index (χ4v) is 0.799.